The molecule has 0 amide bonds. The maximum absolute atomic E-state index is 12.5. The highest BCUT2D eigenvalue weighted by molar-refractivity contribution is 5.05. The van der Waals surface area contributed by atoms with E-state index in [2.05, 4.69) is 5.32 Å². The van der Waals surface area contributed by atoms with E-state index in [0.29, 0.717) is 25.8 Å². The molecule has 1 nitrogen and oxygen atoms in total. The molecule has 0 aromatic carbocycles. The maximum Gasteiger partial charge on any atom is 0.394 e. The van der Waals surface area contributed by atoms with Gasteiger partial charge in [-0.05, 0) is 38.3 Å². The molecule has 1 saturated carbocycles. The molecular weight excluding hydrogens is 167 g/mol. The van der Waals surface area contributed by atoms with E-state index in [9.17, 15) is 13.2 Å². The van der Waals surface area contributed by atoms with Gasteiger partial charge in [0.25, 0.3) is 0 Å². The van der Waals surface area contributed by atoms with Gasteiger partial charge < -0.3 is 5.32 Å². The zero-order valence-electron chi connectivity index (χ0n) is 6.75. The Morgan fingerprint density at radius 2 is 1.92 bits per heavy atom. The first-order valence-electron chi connectivity index (χ1n) is 4.34. The molecule has 0 bridgehead atoms. The highest BCUT2D eigenvalue weighted by Gasteiger charge is 2.66. The molecule has 0 radical (unpaired) electrons. The van der Waals surface area contributed by atoms with Gasteiger partial charge in [0.1, 0.15) is 0 Å². The monoisotopic (exact) mass is 179 g/mol. The maximum atomic E-state index is 12.5. The van der Waals surface area contributed by atoms with Gasteiger partial charge in [-0.15, -0.1) is 0 Å². The molecule has 4 heteroatoms. The molecule has 1 heterocycles. The molecule has 12 heavy (non-hydrogen) atoms. The van der Waals surface area contributed by atoms with Crippen molar-refractivity contribution < 1.29 is 13.2 Å². The Morgan fingerprint density at radius 1 is 1.25 bits per heavy atom. The highest BCUT2D eigenvalue weighted by Crippen LogP contribution is 2.63. The molecule has 2 rings (SSSR count). The molecule has 1 aliphatic carbocycles. The predicted molar refractivity (Wildman–Crippen MR) is 38.7 cm³/mol. The van der Waals surface area contributed by atoms with E-state index in [1.807, 2.05) is 0 Å². The summed E-state index contributed by atoms with van der Waals surface area (Å²) in [6, 6.07) is 0. The normalized spacial score (nSPS) is 33.8. The molecule has 1 aliphatic heterocycles. The summed E-state index contributed by atoms with van der Waals surface area (Å²) in [5, 5.41) is 2.99. The summed E-state index contributed by atoms with van der Waals surface area (Å²) in [4.78, 5) is 0. The smallest absolute Gasteiger partial charge is 0.316 e. The average molecular weight is 179 g/mol. The average Bonchev–Trinajstić information content (AvgIpc) is 2.61. The van der Waals surface area contributed by atoms with Crippen molar-refractivity contribution in [1.82, 2.24) is 5.32 Å². The molecule has 70 valence electrons. The molecule has 1 unspecified atom stereocenters. The summed E-state index contributed by atoms with van der Waals surface area (Å²) < 4.78 is 37.6. The first kappa shape index (κ1) is 8.35. The fraction of sp³-hybridized carbons (Fsp3) is 1.00. The van der Waals surface area contributed by atoms with Crippen molar-refractivity contribution in [1.29, 1.82) is 0 Å². The van der Waals surface area contributed by atoms with Crippen molar-refractivity contribution in [2.75, 3.05) is 13.1 Å². The fourth-order valence-electron chi connectivity index (χ4n) is 2.18. The van der Waals surface area contributed by atoms with Gasteiger partial charge >= 0.3 is 6.18 Å². The van der Waals surface area contributed by atoms with Crippen molar-refractivity contribution in [2.45, 2.75) is 25.4 Å². The van der Waals surface area contributed by atoms with Gasteiger partial charge in [-0.1, -0.05) is 0 Å². The van der Waals surface area contributed by atoms with Gasteiger partial charge in [-0.2, -0.15) is 13.2 Å². The van der Waals surface area contributed by atoms with Crippen LogP contribution in [0.4, 0.5) is 13.2 Å². The Labute approximate surface area is 69.3 Å². The van der Waals surface area contributed by atoms with Crippen molar-refractivity contribution in [3.8, 4) is 0 Å². The standard InChI is InChI=1S/C8H12F3N/c9-8(10,11)7(2-3-7)6-1-4-12-5-6/h6,12H,1-5H2. The van der Waals surface area contributed by atoms with Crippen molar-refractivity contribution in [2.24, 2.45) is 11.3 Å². The first-order chi connectivity index (χ1) is 5.56. The minimum absolute atomic E-state index is 0.155. The largest absolute Gasteiger partial charge is 0.394 e. The predicted octanol–water partition coefficient (Wildman–Crippen LogP) is 1.94. The Bertz CT molecular complexity index is 177. The summed E-state index contributed by atoms with van der Waals surface area (Å²) >= 11 is 0. The minimum Gasteiger partial charge on any atom is -0.316 e. The van der Waals surface area contributed by atoms with E-state index in [1.54, 1.807) is 0 Å². The zero-order chi connectivity index (χ0) is 8.82. The Morgan fingerprint density at radius 3 is 2.25 bits per heavy atom. The third-order valence-corrected chi connectivity index (χ3v) is 3.20. The summed E-state index contributed by atoms with van der Waals surface area (Å²) in [6.07, 6.45) is -2.57. The lowest BCUT2D eigenvalue weighted by molar-refractivity contribution is -0.200. The van der Waals surface area contributed by atoms with Crippen LogP contribution in [0.15, 0.2) is 0 Å². The van der Waals surface area contributed by atoms with Gasteiger partial charge in [0.15, 0.2) is 0 Å². The Balaban J connectivity index is 2.10. The molecule has 1 atom stereocenters. The van der Waals surface area contributed by atoms with Crippen LogP contribution >= 0.6 is 0 Å². The van der Waals surface area contributed by atoms with Gasteiger partial charge in [-0.25, -0.2) is 0 Å². The van der Waals surface area contributed by atoms with Crippen LogP contribution in [0.2, 0.25) is 0 Å². The second kappa shape index (κ2) is 2.37. The number of nitrogens with one attached hydrogen (secondary N) is 1. The first-order valence-corrected chi connectivity index (χ1v) is 4.34. The summed E-state index contributed by atoms with van der Waals surface area (Å²) in [5.41, 5.74) is -1.30. The Kier molecular flexibility index (Phi) is 1.65. The van der Waals surface area contributed by atoms with Gasteiger partial charge in [0.2, 0.25) is 0 Å². The van der Waals surface area contributed by atoms with Crippen LogP contribution in [0.1, 0.15) is 19.3 Å². The van der Waals surface area contributed by atoms with Crippen LogP contribution in [-0.2, 0) is 0 Å². The van der Waals surface area contributed by atoms with E-state index in [4.69, 9.17) is 0 Å². The fourth-order valence-corrected chi connectivity index (χ4v) is 2.18. The molecule has 0 spiro atoms. The van der Waals surface area contributed by atoms with E-state index in [0.717, 1.165) is 6.54 Å². The molecule has 1 N–H and O–H groups in total. The van der Waals surface area contributed by atoms with Crippen LogP contribution < -0.4 is 5.32 Å². The molecule has 1 saturated heterocycles. The number of alkyl halides is 3. The van der Waals surface area contributed by atoms with E-state index in [-0.39, 0.29) is 5.92 Å². The summed E-state index contributed by atoms with van der Waals surface area (Å²) in [5.74, 6) is -0.155. The van der Waals surface area contributed by atoms with Gasteiger partial charge in [-0.3, -0.25) is 0 Å². The second-order valence-corrected chi connectivity index (χ2v) is 3.84. The number of rotatable bonds is 1. The van der Waals surface area contributed by atoms with Crippen LogP contribution in [0, 0.1) is 11.3 Å². The van der Waals surface area contributed by atoms with Gasteiger partial charge in [0.05, 0.1) is 5.41 Å². The molecule has 2 aliphatic rings. The third-order valence-electron chi connectivity index (χ3n) is 3.20. The lowest BCUT2D eigenvalue weighted by Gasteiger charge is -2.24. The number of hydrogen-bond donors (Lipinski definition) is 1. The summed E-state index contributed by atoms with van der Waals surface area (Å²) in [7, 11) is 0. The molecular formula is C8H12F3N. The van der Waals surface area contributed by atoms with Crippen LogP contribution in [0.5, 0.6) is 0 Å². The lowest BCUT2D eigenvalue weighted by atomic mass is 9.88. The van der Waals surface area contributed by atoms with Crippen LogP contribution in [-0.4, -0.2) is 19.3 Å². The molecule has 0 aromatic rings. The Hall–Kier alpha value is -0.250. The highest BCUT2D eigenvalue weighted by atomic mass is 19.4. The minimum atomic E-state index is -3.97. The quantitative estimate of drug-likeness (QED) is 0.648. The SMILES string of the molecule is FC(F)(F)C1(C2CCNC2)CC1. The topological polar surface area (TPSA) is 12.0 Å². The van der Waals surface area contributed by atoms with Gasteiger partial charge in [0, 0.05) is 0 Å². The molecule has 2 fully saturated rings. The van der Waals surface area contributed by atoms with E-state index >= 15 is 0 Å². The summed E-state index contributed by atoms with van der Waals surface area (Å²) in [6.45, 7) is 1.31. The third kappa shape index (κ3) is 1.04. The second-order valence-electron chi connectivity index (χ2n) is 3.84. The molecule has 0 aromatic heterocycles. The van der Waals surface area contributed by atoms with Crippen LogP contribution in [0.3, 0.4) is 0 Å². The van der Waals surface area contributed by atoms with Crippen molar-refractivity contribution >= 4 is 0 Å². The van der Waals surface area contributed by atoms with E-state index in [1.165, 1.54) is 0 Å². The zero-order valence-corrected chi connectivity index (χ0v) is 6.75. The van der Waals surface area contributed by atoms with Crippen molar-refractivity contribution in [3.05, 3.63) is 0 Å². The van der Waals surface area contributed by atoms with E-state index < -0.39 is 11.6 Å². The van der Waals surface area contributed by atoms with Crippen molar-refractivity contribution in [3.63, 3.8) is 0 Å². The van der Waals surface area contributed by atoms with Crippen LogP contribution in [0.25, 0.3) is 0 Å². The number of halogens is 3. The lowest BCUT2D eigenvalue weighted by Crippen LogP contribution is -2.33. The number of hydrogen-bond acceptors (Lipinski definition) is 1.